The Kier molecular flexibility index (Phi) is 3.82. The maximum Gasteiger partial charge on any atom is 0.264 e. The van der Waals surface area contributed by atoms with Gasteiger partial charge in [0.1, 0.15) is 0 Å². The zero-order chi connectivity index (χ0) is 11.5. The van der Waals surface area contributed by atoms with Crippen LogP contribution < -0.4 is 5.56 Å². The molecule has 0 aromatic carbocycles. The average Bonchev–Trinajstić information content (AvgIpc) is 2.27. The van der Waals surface area contributed by atoms with Gasteiger partial charge in [0.15, 0.2) is 0 Å². The largest absolute Gasteiger partial charge is 0.381 e. The molecule has 0 amide bonds. The fourth-order valence-electron chi connectivity index (χ4n) is 2.08. The van der Waals surface area contributed by atoms with Crippen LogP contribution in [-0.2, 0) is 11.3 Å². The highest BCUT2D eigenvalue weighted by molar-refractivity contribution is 9.10. The van der Waals surface area contributed by atoms with E-state index in [9.17, 15) is 4.79 Å². The maximum absolute atomic E-state index is 11.9. The van der Waals surface area contributed by atoms with Gasteiger partial charge in [0, 0.05) is 26.0 Å². The molecule has 0 unspecified atom stereocenters. The Bertz CT molecular complexity index is 422. The van der Waals surface area contributed by atoms with E-state index in [4.69, 9.17) is 4.74 Å². The van der Waals surface area contributed by atoms with Crippen molar-refractivity contribution >= 4 is 15.9 Å². The number of hydrogen-bond acceptors (Lipinski definition) is 2. The highest BCUT2D eigenvalue weighted by Crippen LogP contribution is 2.17. The van der Waals surface area contributed by atoms with Crippen molar-refractivity contribution in [3.8, 4) is 0 Å². The molecule has 3 nitrogen and oxygen atoms in total. The van der Waals surface area contributed by atoms with Crippen LogP contribution in [0.25, 0.3) is 0 Å². The Morgan fingerprint density at radius 1 is 1.50 bits per heavy atom. The second-order valence-electron chi connectivity index (χ2n) is 4.38. The van der Waals surface area contributed by atoms with Gasteiger partial charge in [-0.1, -0.05) is 0 Å². The number of aromatic nitrogens is 1. The average molecular weight is 286 g/mol. The van der Waals surface area contributed by atoms with Crippen LogP contribution in [0.4, 0.5) is 0 Å². The lowest BCUT2D eigenvalue weighted by Gasteiger charge is -2.22. The van der Waals surface area contributed by atoms with E-state index in [2.05, 4.69) is 15.9 Å². The number of halogens is 1. The molecular weight excluding hydrogens is 270 g/mol. The summed E-state index contributed by atoms with van der Waals surface area (Å²) < 4.78 is 7.79. The molecule has 1 aromatic rings. The molecule has 1 aromatic heterocycles. The first-order valence-corrected chi connectivity index (χ1v) is 6.40. The van der Waals surface area contributed by atoms with Crippen molar-refractivity contribution in [3.63, 3.8) is 0 Å². The first-order chi connectivity index (χ1) is 7.66. The second-order valence-corrected chi connectivity index (χ2v) is 5.23. The molecule has 0 atom stereocenters. The first kappa shape index (κ1) is 11.9. The summed E-state index contributed by atoms with van der Waals surface area (Å²) in [7, 11) is 0. The summed E-state index contributed by atoms with van der Waals surface area (Å²) in [5.41, 5.74) is 1.18. The topological polar surface area (TPSA) is 31.2 Å². The zero-order valence-corrected chi connectivity index (χ0v) is 11.0. The van der Waals surface area contributed by atoms with Gasteiger partial charge < -0.3 is 9.30 Å². The molecule has 1 aliphatic rings. The van der Waals surface area contributed by atoms with Gasteiger partial charge in [0.25, 0.3) is 5.56 Å². The van der Waals surface area contributed by atoms with Crippen molar-refractivity contribution in [3.05, 3.63) is 32.7 Å². The smallest absolute Gasteiger partial charge is 0.264 e. The molecule has 0 spiro atoms. The maximum atomic E-state index is 11.9. The van der Waals surface area contributed by atoms with Crippen LogP contribution in [0.3, 0.4) is 0 Å². The molecule has 0 bridgehead atoms. The van der Waals surface area contributed by atoms with Gasteiger partial charge in [-0.15, -0.1) is 0 Å². The van der Waals surface area contributed by atoms with Crippen molar-refractivity contribution < 1.29 is 4.74 Å². The molecule has 2 heterocycles. The van der Waals surface area contributed by atoms with E-state index in [1.807, 2.05) is 23.8 Å². The van der Waals surface area contributed by atoms with Crippen LogP contribution in [0.2, 0.25) is 0 Å². The second kappa shape index (κ2) is 5.15. The predicted octanol–water partition coefficient (Wildman–Crippen LogP) is 2.35. The Labute approximate surface area is 104 Å². The Hall–Kier alpha value is -0.610. The molecule has 0 aliphatic carbocycles. The predicted molar refractivity (Wildman–Crippen MR) is 66.7 cm³/mol. The zero-order valence-electron chi connectivity index (χ0n) is 9.41. The molecule has 88 valence electrons. The molecule has 4 heteroatoms. The van der Waals surface area contributed by atoms with E-state index in [0.29, 0.717) is 10.4 Å². The minimum atomic E-state index is 0.0668. The number of ether oxygens (including phenoxy) is 1. The number of hydrogen-bond donors (Lipinski definition) is 0. The van der Waals surface area contributed by atoms with E-state index in [1.54, 1.807) is 0 Å². The molecular formula is C12H16BrNO2. The third-order valence-electron chi connectivity index (χ3n) is 2.97. The van der Waals surface area contributed by atoms with Gasteiger partial charge in [-0.3, -0.25) is 4.79 Å². The number of nitrogens with zero attached hydrogens (tertiary/aromatic N) is 1. The Morgan fingerprint density at radius 2 is 2.19 bits per heavy atom. The Morgan fingerprint density at radius 3 is 2.88 bits per heavy atom. The SMILES string of the molecule is Cc1cc(Br)c(=O)n(CC2CCOCC2)c1. The minimum absolute atomic E-state index is 0.0668. The summed E-state index contributed by atoms with van der Waals surface area (Å²) in [4.78, 5) is 11.9. The normalized spacial score (nSPS) is 17.6. The van der Waals surface area contributed by atoms with Crippen LogP contribution in [0, 0.1) is 12.8 Å². The van der Waals surface area contributed by atoms with E-state index in [0.717, 1.165) is 38.2 Å². The van der Waals surface area contributed by atoms with Crippen molar-refractivity contribution in [1.29, 1.82) is 0 Å². The molecule has 2 rings (SSSR count). The summed E-state index contributed by atoms with van der Waals surface area (Å²) >= 11 is 3.30. The van der Waals surface area contributed by atoms with Gasteiger partial charge >= 0.3 is 0 Å². The van der Waals surface area contributed by atoms with Crippen LogP contribution in [0.15, 0.2) is 21.5 Å². The molecule has 1 fully saturated rings. The molecule has 0 saturated carbocycles. The van der Waals surface area contributed by atoms with Gasteiger partial charge in [-0.05, 0) is 53.2 Å². The van der Waals surface area contributed by atoms with Gasteiger partial charge in [-0.2, -0.15) is 0 Å². The van der Waals surface area contributed by atoms with Crippen LogP contribution in [0.1, 0.15) is 18.4 Å². The summed E-state index contributed by atoms with van der Waals surface area (Å²) in [5.74, 6) is 0.570. The highest BCUT2D eigenvalue weighted by atomic mass is 79.9. The fraction of sp³-hybridized carbons (Fsp3) is 0.583. The summed E-state index contributed by atoms with van der Waals surface area (Å²) in [6.45, 7) is 4.46. The van der Waals surface area contributed by atoms with E-state index < -0.39 is 0 Å². The van der Waals surface area contributed by atoms with Gasteiger partial charge in [0.2, 0.25) is 0 Å². The molecule has 16 heavy (non-hydrogen) atoms. The molecule has 1 aliphatic heterocycles. The van der Waals surface area contributed by atoms with Crippen LogP contribution >= 0.6 is 15.9 Å². The third kappa shape index (κ3) is 2.74. The lowest BCUT2D eigenvalue weighted by Crippen LogP contribution is -2.27. The van der Waals surface area contributed by atoms with Crippen molar-refractivity contribution in [2.24, 2.45) is 5.92 Å². The lowest BCUT2D eigenvalue weighted by molar-refractivity contribution is 0.0609. The monoisotopic (exact) mass is 285 g/mol. The van der Waals surface area contributed by atoms with Crippen molar-refractivity contribution in [1.82, 2.24) is 4.57 Å². The van der Waals surface area contributed by atoms with Crippen LogP contribution in [0.5, 0.6) is 0 Å². The van der Waals surface area contributed by atoms with E-state index in [-0.39, 0.29) is 5.56 Å². The molecule has 1 saturated heterocycles. The summed E-state index contributed by atoms with van der Waals surface area (Å²) in [6, 6.07) is 1.86. The fourth-order valence-corrected chi connectivity index (χ4v) is 2.67. The molecule has 0 N–H and O–H groups in total. The van der Waals surface area contributed by atoms with Crippen LogP contribution in [-0.4, -0.2) is 17.8 Å². The molecule has 0 radical (unpaired) electrons. The van der Waals surface area contributed by atoms with Crippen molar-refractivity contribution in [2.75, 3.05) is 13.2 Å². The van der Waals surface area contributed by atoms with Gasteiger partial charge in [0.05, 0.1) is 4.47 Å². The van der Waals surface area contributed by atoms with Crippen molar-refractivity contribution in [2.45, 2.75) is 26.3 Å². The summed E-state index contributed by atoms with van der Waals surface area (Å²) in [5, 5.41) is 0. The Balaban J connectivity index is 2.17. The third-order valence-corrected chi connectivity index (χ3v) is 3.54. The minimum Gasteiger partial charge on any atom is -0.381 e. The lowest BCUT2D eigenvalue weighted by atomic mass is 10.0. The quantitative estimate of drug-likeness (QED) is 0.835. The van der Waals surface area contributed by atoms with E-state index in [1.165, 1.54) is 0 Å². The highest BCUT2D eigenvalue weighted by Gasteiger charge is 2.15. The number of pyridine rings is 1. The first-order valence-electron chi connectivity index (χ1n) is 5.61. The summed E-state index contributed by atoms with van der Waals surface area (Å²) in [6.07, 6.45) is 4.04. The number of aryl methyl sites for hydroxylation is 1. The van der Waals surface area contributed by atoms with Gasteiger partial charge in [-0.25, -0.2) is 0 Å². The number of rotatable bonds is 2. The standard InChI is InChI=1S/C12H16BrNO2/c1-9-6-11(13)12(15)14(7-9)8-10-2-4-16-5-3-10/h6-7,10H,2-5,8H2,1H3. The van der Waals surface area contributed by atoms with E-state index >= 15 is 0 Å².